The van der Waals surface area contributed by atoms with E-state index >= 15 is 0 Å². The molecule has 1 aliphatic rings. The van der Waals surface area contributed by atoms with Crippen molar-refractivity contribution in [3.8, 4) is 22.6 Å². The minimum absolute atomic E-state index is 0.0665. The van der Waals surface area contributed by atoms with Gasteiger partial charge in [-0.1, -0.05) is 23.8 Å². The number of amides is 1. The lowest BCUT2D eigenvalue weighted by atomic mass is 9.84. The second-order valence-corrected chi connectivity index (χ2v) is 6.78. The SMILES string of the molecule is CCNC(=O)Cc1cc(O)c2c(c1)OC(C)(C)c1ccc(C)cc1-2. The van der Waals surface area contributed by atoms with Gasteiger partial charge in [0.1, 0.15) is 17.1 Å². The van der Waals surface area contributed by atoms with Crippen LogP contribution < -0.4 is 10.1 Å². The van der Waals surface area contributed by atoms with E-state index in [2.05, 4.69) is 23.5 Å². The van der Waals surface area contributed by atoms with E-state index in [4.69, 9.17) is 4.74 Å². The summed E-state index contributed by atoms with van der Waals surface area (Å²) < 4.78 is 6.16. The van der Waals surface area contributed by atoms with Gasteiger partial charge in [0, 0.05) is 12.1 Å². The van der Waals surface area contributed by atoms with Crippen molar-refractivity contribution in [3.63, 3.8) is 0 Å². The number of phenolic OH excluding ortho intramolecular Hbond substituents is 1. The van der Waals surface area contributed by atoms with E-state index in [1.54, 1.807) is 6.07 Å². The van der Waals surface area contributed by atoms with E-state index in [1.165, 1.54) is 0 Å². The number of ether oxygens (including phenoxy) is 1. The molecule has 0 saturated carbocycles. The van der Waals surface area contributed by atoms with Crippen molar-refractivity contribution in [1.82, 2.24) is 5.32 Å². The first-order valence-corrected chi connectivity index (χ1v) is 8.25. The highest BCUT2D eigenvalue weighted by atomic mass is 16.5. The van der Waals surface area contributed by atoms with Crippen LogP contribution in [0.1, 0.15) is 37.5 Å². The summed E-state index contributed by atoms with van der Waals surface area (Å²) in [5.74, 6) is 0.703. The van der Waals surface area contributed by atoms with Gasteiger partial charge in [-0.3, -0.25) is 4.79 Å². The Kier molecular flexibility index (Phi) is 3.99. The predicted octanol–water partition coefficient (Wildman–Crippen LogP) is 3.67. The van der Waals surface area contributed by atoms with E-state index in [9.17, 15) is 9.90 Å². The molecule has 2 aromatic rings. The molecule has 126 valence electrons. The molecule has 0 radical (unpaired) electrons. The van der Waals surface area contributed by atoms with Gasteiger partial charge in [0.25, 0.3) is 0 Å². The Hall–Kier alpha value is -2.49. The average molecular weight is 325 g/mol. The summed E-state index contributed by atoms with van der Waals surface area (Å²) in [6.45, 7) is 8.53. The smallest absolute Gasteiger partial charge is 0.224 e. The van der Waals surface area contributed by atoms with Crippen molar-refractivity contribution >= 4 is 5.91 Å². The highest BCUT2D eigenvalue weighted by Crippen LogP contribution is 2.49. The fourth-order valence-corrected chi connectivity index (χ4v) is 3.27. The zero-order chi connectivity index (χ0) is 17.5. The molecule has 4 nitrogen and oxygen atoms in total. The number of carbonyl (C=O) groups excluding carboxylic acids is 1. The second-order valence-electron chi connectivity index (χ2n) is 6.78. The molecule has 0 fully saturated rings. The number of benzene rings is 2. The topological polar surface area (TPSA) is 58.6 Å². The Morgan fingerprint density at radius 3 is 2.71 bits per heavy atom. The van der Waals surface area contributed by atoms with Crippen LogP contribution in [0.2, 0.25) is 0 Å². The molecule has 1 amide bonds. The minimum atomic E-state index is -0.493. The summed E-state index contributed by atoms with van der Waals surface area (Å²) in [6.07, 6.45) is 0.221. The Balaban J connectivity index is 2.11. The lowest BCUT2D eigenvalue weighted by molar-refractivity contribution is -0.120. The molecule has 1 aliphatic heterocycles. The molecule has 1 heterocycles. The summed E-state index contributed by atoms with van der Waals surface area (Å²) in [5.41, 5.74) is 4.11. The lowest BCUT2D eigenvalue weighted by Gasteiger charge is -2.35. The number of likely N-dealkylation sites (N-methyl/N-ethyl adjacent to an activating group) is 1. The van der Waals surface area contributed by atoms with Crippen LogP contribution in [0.3, 0.4) is 0 Å². The third-order valence-electron chi connectivity index (χ3n) is 4.34. The van der Waals surface area contributed by atoms with Gasteiger partial charge in [-0.2, -0.15) is 0 Å². The van der Waals surface area contributed by atoms with Crippen LogP contribution in [0, 0.1) is 6.92 Å². The van der Waals surface area contributed by atoms with Gasteiger partial charge in [-0.05, 0) is 51.0 Å². The predicted molar refractivity (Wildman–Crippen MR) is 94.3 cm³/mol. The van der Waals surface area contributed by atoms with Crippen LogP contribution in [0.25, 0.3) is 11.1 Å². The van der Waals surface area contributed by atoms with E-state index in [0.29, 0.717) is 17.9 Å². The average Bonchev–Trinajstić information content (AvgIpc) is 2.45. The fourth-order valence-electron chi connectivity index (χ4n) is 3.27. The molecule has 4 heteroatoms. The molecule has 0 unspecified atom stereocenters. The fraction of sp³-hybridized carbons (Fsp3) is 0.350. The van der Waals surface area contributed by atoms with Crippen molar-refractivity contribution < 1.29 is 14.6 Å². The summed E-state index contributed by atoms with van der Waals surface area (Å²) in [4.78, 5) is 11.8. The number of rotatable bonds is 3. The highest BCUT2D eigenvalue weighted by molar-refractivity contribution is 5.84. The van der Waals surface area contributed by atoms with Crippen LogP contribution in [-0.2, 0) is 16.8 Å². The molecule has 24 heavy (non-hydrogen) atoms. The van der Waals surface area contributed by atoms with Gasteiger partial charge >= 0.3 is 0 Å². The van der Waals surface area contributed by atoms with E-state index in [0.717, 1.165) is 22.3 Å². The minimum Gasteiger partial charge on any atom is -0.507 e. The number of carbonyl (C=O) groups is 1. The van der Waals surface area contributed by atoms with Gasteiger partial charge < -0.3 is 15.2 Å². The Morgan fingerprint density at radius 1 is 1.25 bits per heavy atom. The first-order valence-electron chi connectivity index (χ1n) is 8.25. The number of hydrogen-bond acceptors (Lipinski definition) is 3. The number of phenols is 1. The second kappa shape index (κ2) is 5.86. The zero-order valence-electron chi connectivity index (χ0n) is 14.6. The van der Waals surface area contributed by atoms with Crippen molar-refractivity contribution in [2.45, 2.75) is 39.7 Å². The maximum Gasteiger partial charge on any atom is 0.224 e. The normalized spacial score (nSPS) is 14.3. The third kappa shape index (κ3) is 2.84. The van der Waals surface area contributed by atoms with E-state index in [-0.39, 0.29) is 18.1 Å². The molecular formula is C20H23NO3. The first kappa shape index (κ1) is 16.4. The molecule has 3 rings (SSSR count). The highest BCUT2D eigenvalue weighted by Gasteiger charge is 2.34. The number of fused-ring (bicyclic) bond motifs is 3. The van der Waals surface area contributed by atoms with Crippen molar-refractivity contribution in [2.24, 2.45) is 0 Å². The van der Waals surface area contributed by atoms with Gasteiger partial charge in [0.15, 0.2) is 0 Å². The first-order chi connectivity index (χ1) is 11.3. The monoisotopic (exact) mass is 325 g/mol. The summed E-state index contributed by atoms with van der Waals surface area (Å²) >= 11 is 0. The molecule has 2 aromatic carbocycles. The maximum atomic E-state index is 11.8. The lowest BCUT2D eigenvalue weighted by Crippen LogP contribution is -2.29. The molecule has 0 atom stereocenters. The standard InChI is InChI=1S/C20H23NO3/c1-5-21-18(23)11-13-9-16(22)19-14-8-12(2)6-7-15(14)20(3,4)24-17(19)10-13/h6-10,22H,5,11H2,1-4H3,(H,21,23). The molecule has 0 spiro atoms. The Labute approximate surface area is 142 Å². The largest absolute Gasteiger partial charge is 0.507 e. The van der Waals surface area contributed by atoms with Crippen LogP contribution in [0.5, 0.6) is 11.5 Å². The van der Waals surface area contributed by atoms with Gasteiger partial charge in [-0.25, -0.2) is 0 Å². The maximum absolute atomic E-state index is 11.8. The summed E-state index contributed by atoms with van der Waals surface area (Å²) in [6, 6.07) is 9.69. The van der Waals surface area contributed by atoms with Gasteiger partial charge in [-0.15, -0.1) is 0 Å². The number of nitrogens with one attached hydrogen (secondary N) is 1. The van der Waals surface area contributed by atoms with Gasteiger partial charge in [0.05, 0.1) is 12.0 Å². The molecular weight excluding hydrogens is 302 g/mol. The zero-order valence-corrected chi connectivity index (χ0v) is 14.6. The number of aryl methyl sites for hydroxylation is 1. The van der Waals surface area contributed by atoms with Gasteiger partial charge in [0.2, 0.25) is 5.91 Å². The summed E-state index contributed by atoms with van der Waals surface area (Å²) in [7, 11) is 0. The number of hydrogen-bond donors (Lipinski definition) is 2. The van der Waals surface area contributed by atoms with Crippen molar-refractivity contribution in [1.29, 1.82) is 0 Å². The van der Waals surface area contributed by atoms with Crippen LogP contribution in [0.15, 0.2) is 30.3 Å². The third-order valence-corrected chi connectivity index (χ3v) is 4.34. The van der Waals surface area contributed by atoms with Crippen molar-refractivity contribution in [3.05, 3.63) is 47.0 Å². The quantitative estimate of drug-likeness (QED) is 0.905. The summed E-state index contributed by atoms with van der Waals surface area (Å²) in [5, 5.41) is 13.3. The molecule has 2 N–H and O–H groups in total. The Morgan fingerprint density at radius 2 is 2.00 bits per heavy atom. The van der Waals surface area contributed by atoms with E-state index < -0.39 is 5.60 Å². The molecule has 0 aliphatic carbocycles. The van der Waals surface area contributed by atoms with Crippen molar-refractivity contribution in [2.75, 3.05) is 6.54 Å². The van der Waals surface area contributed by atoms with Crippen LogP contribution in [-0.4, -0.2) is 17.6 Å². The molecule has 0 saturated heterocycles. The number of aromatic hydroxyl groups is 1. The molecule has 0 aromatic heterocycles. The Bertz CT molecular complexity index is 809. The molecule has 0 bridgehead atoms. The van der Waals surface area contributed by atoms with E-state index in [1.807, 2.05) is 33.8 Å². The van der Waals surface area contributed by atoms with Crippen LogP contribution in [0.4, 0.5) is 0 Å². The van der Waals surface area contributed by atoms with Crippen LogP contribution >= 0.6 is 0 Å².